The molecule has 2 fully saturated rings. The molecule has 0 spiro atoms. The number of piperidine rings is 1. The van der Waals surface area contributed by atoms with Crippen molar-refractivity contribution in [1.82, 2.24) is 25.3 Å². The molecule has 180 valence electrons. The van der Waals surface area contributed by atoms with Gasteiger partial charge in [-0.25, -0.2) is 15.0 Å². The Bertz CT molecular complexity index is 1250. The number of carbonyl (C=O) groups is 1. The van der Waals surface area contributed by atoms with Crippen LogP contribution in [0.4, 0.5) is 11.8 Å². The molecule has 2 aliphatic carbocycles. The molecule has 8 nitrogen and oxygen atoms in total. The third-order valence-corrected chi connectivity index (χ3v) is 7.62. The summed E-state index contributed by atoms with van der Waals surface area (Å²) >= 11 is 0. The molecule has 3 aliphatic rings. The van der Waals surface area contributed by atoms with Gasteiger partial charge in [-0.05, 0) is 72.8 Å². The van der Waals surface area contributed by atoms with E-state index in [1.54, 1.807) is 24.7 Å². The first-order valence-corrected chi connectivity index (χ1v) is 12.6. The number of carbonyl (C=O) groups excluding carboxylic acids is 1. The second kappa shape index (κ2) is 8.91. The first-order valence-electron chi connectivity index (χ1n) is 12.6. The van der Waals surface area contributed by atoms with Crippen LogP contribution in [0.15, 0.2) is 36.8 Å². The van der Waals surface area contributed by atoms with Gasteiger partial charge >= 0.3 is 0 Å². The van der Waals surface area contributed by atoms with Crippen LogP contribution in [0.5, 0.6) is 0 Å². The molecular formula is C27H31N7O. The molecule has 3 heterocycles. The van der Waals surface area contributed by atoms with Gasteiger partial charge in [-0.1, -0.05) is 19.1 Å². The first kappa shape index (κ1) is 21.9. The maximum atomic E-state index is 13.2. The van der Waals surface area contributed by atoms with Crippen LogP contribution in [0.2, 0.25) is 0 Å². The third-order valence-electron chi connectivity index (χ3n) is 7.62. The number of fused-ring (bicyclic) bond motifs is 2. The molecule has 0 radical (unpaired) electrons. The Hall–Kier alpha value is -3.55. The Balaban J connectivity index is 1.23. The highest BCUT2D eigenvalue weighted by Crippen LogP contribution is 2.45. The van der Waals surface area contributed by atoms with Crippen molar-refractivity contribution in [1.29, 1.82) is 0 Å². The highest BCUT2D eigenvalue weighted by molar-refractivity contribution is 5.98. The molecule has 2 aromatic heterocycles. The van der Waals surface area contributed by atoms with E-state index in [9.17, 15) is 4.79 Å². The SMILES string of the molecule is CCc1cc2c(cc1C)CC(Nc1nc(N3CC4CC4C3)ncc1C(=O)NCc1ncccn1)C2. The van der Waals surface area contributed by atoms with Gasteiger partial charge in [0.05, 0.1) is 6.54 Å². The predicted octanol–water partition coefficient (Wildman–Crippen LogP) is 3.10. The van der Waals surface area contributed by atoms with E-state index in [0.29, 0.717) is 23.2 Å². The van der Waals surface area contributed by atoms with E-state index in [4.69, 9.17) is 4.98 Å². The van der Waals surface area contributed by atoms with Gasteiger partial charge in [-0.2, -0.15) is 4.98 Å². The summed E-state index contributed by atoms with van der Waals surface area (Å²) in [6, 6.07) is 6.62. The highest BCUT2D eigenvalue weighted by Gasteiger charge is 2.46. The van der Waals surface area contributed by atoms with Crippen molar-refractivity contribution >= 4 is 17.7 Å². The van der Waals surface area contributed by atoms with Crippen LogP contribution < -0.4 is 15.5 Å². The van der Waals surface area contributed by atoms with Gasteiger partial charge in [0.1, 0.15) is 17.2 Å². The fraction of sp³-hybridized carbons (Fsp3) is 0.444. The van der Waals surface area contributed by atoms with E-state index in [1.807, 2.05) is 0 Å². The molecule has 1 saturated carbocycles. The maximum Gasteiger partial charge on any atom is 0.256 e. The van der Waals surface area contributed by atoms with E-state index >= 15 is 0 Å². The Labute approximate surface area is 205 Å². The number of nitrogens with zero attached hydrogens (tertiary/aromatic N) is 5. The molecule has 0 bridgehead atoms. The number of nitrogens with one attached hydrogen (secondary N) is 2. The topological polar surface area (TPSA) is 95.9 Å². The van der Waals surface area contributed by atoms with Crippen molar-refractivity contribution in [3.63, 3.8) is 0 Å². The quantitative estimate of drug-likeness (QED) is 0.549. The minimum atomic E-state index is -0.226. The summed E-state index contributed by atoms with van der Waals surface area (Å²) in [6.45, 7) is 6.67. The van der Waals surface area contributed by atoms with Crippen molar-refractivity contribution in [2.24, 2.45) is 11.8 Å². The second-order valence-electron chi connectivity index (χ2n) is 10.1. The van der Waals surface area contributed by atoms with Crippen LogP contribution in [-0.4, -0.2) is 45.0 Å². The zero-order valence-corrected chi connectivity index (χ0v) is 20.3. The minimum absolute atomic E-state index is 0.190. The van der Waals surface area contributed by atoms with Gasteiger partial charge in [0.2, 0.25) is 5.95 Å². The zero-order chi connectivity index (χ0) is 23.9. The van der Waals surface area contributed by atoms with Crippen LogP contribution in [0.25, 0.3) is 0 Å². The molecule has 6 rings (SSSR count). The number of benzene rings is 1. The molecule has 3 atom stereocenters. The fourth-order valence-corrected chi connectivity index (χ4v) is 5.56. The van der Waals surface area contributed by atoms with Crippen molar-refractivity contribution in [2.75, 3.05) is 23.3 Å². The summed E-state index contributed by atoms with van der Waals surface area (Å²) in [4.78, 5) is 33.2. The maximum absolute atomic E-state index is 13.2. The standard InChI is InChI=1S/C27H31N7O/c1-3-17-8-19-11-22(10-18(19)7-16(17)2)32-25-23(26(35)30-13-24-28-5-4-6-29-24)12-31-27(33-25)34-14-20-9-21(20)15-34/h4-8,12,20-22H,3,9-11,13-15H2,1-2H3,(H,30,35)(H,31,32,33). The van der Waals surface area contributed by atoms with E-state index < -0.39 is 0 Å². The highest BCUT2D eigenvalue weighted by atomic mass is 16.1. The van der Waals surface area contributed by atoms with Crippen LogP contribution >= 0.6 is 0 Å². The summed E-state index contributed by atoms with van der Waals surface area (Å²) in [5, 5.41) is 6.53. The summed E-state index contributed by atoms with van der Waals surface area (Å²) in [5.74, 6) is 3.22. The summed E-state index contributed by atoms with van der Waals surface area (Å²) < 4.78 is 0. The number of aromatic nitrogens is 4. The second-order valence-corrected chi connectivity index (χ2v) is 10.1. The number of aryl methyl sites for hydroxylation is 2. The van der Waals surface area contributed by atoms with Crippen LogP contribution in [-0.2, 0) is 25.8 Å². The van der Waals surface area contributed by atoms with Crippen molar-refractivity contribution in [3.8, 4) is 0 Å². The summed E-state index contributed by atoms with van der Waals surface area (Å²) in [6.07, 6.45) is 9.22. The van der Waals surface area contributed by atoms with Gasteiger partial charge in [0, 0.05) is 37.7 Å². The molecule has 1 aromatic carbocycles. The van der Waals surface area contributed by atoms with E-state index in [-0.39, 0.29) is 18.5 Å². The van der Waals surface area contributed by atoms with E-state index in [1.165, 1.54) is 28.7 Å². The Kier molecular flexibility index (Phi) is 5.59. The summed E-state index contributed by atoms with van der Waals surface area (Å²) in [7, 11) is 0. The van der Waals surface area contributed by atoms with Crippen molar-refractivity contribution in [2.45, 2.75) is 52.1 Å². The fourth-order valence-electron chi connectivity index (χ4n) is 5.56. The van der Waals surface area contributed by atoms with Gasteiger partial charge in [0.15, 0.2) is 0 Å². The van der Waals surface area contributed by atoms with Gasteiger partial charge < -0.3 is 15.5 Å². The molecule has 2 N–H and O–H groups in total. The number of rotatable bonds is 7. The molecule has 1 saturated heterocycles. The first-order chi connectivity index (χ1) is 17.1. The van der Waals surface area contributed by atoms with Crippen LogP contribution in [0, 0.1) is 18.8 Å². The largest absolute Gasteiger partial charge is 0.366 e. The number of hydrogen-bond donors (Lipinski definition) is 2. The Morgan fingerprint density at radius 3 is 2.57 bits per heavy atom. The lowest BCUT2D eigenvalue weighted by Crippen LogP contribution is -2.30. The normalized spacial score (nSPS) is 22.0. The molecule has 8 heteroatoms. The number of anilines is 2. The molecular weight excluding hydrogens is 438 g/mol. The Morgan fingerprint density at radius 2 is 1.83 bits per heavy atom. The smallest absolute Gasteiger partial charge is 0.256 e. The van der Waals surface area contributed by atoms with E-state index in [2.05, 4.69) is 56.5 Å². The molecule has 3 unspecified atom stereocenters. The lowest BCUT2D eigenvalue weighted by atomic mass is 9.99. The average Bonchev–Trinajstić information content (AvgIpc) is 3.28. The van der Waals surface area contributed by atoms with E-state index in [0.717, 1.165) is 44.2 Å². The van der Waals surface area contributed by atoms with Gasteiger partial charge in [-0.3, -0.25) is 4.79 Å². The van der Waals surface area contributed by atoms with Crippen molar-refractivity contribution in [3.05, 3.63) is 70.4 Å². The number of hydrogen-bond acceptors (Lipinski definition) is 7. The lowest BCUT2D eigenvalue weighted by molar-refractivity contribution is 0.0950. The molecule has 1 amide bonds. The van der Waals surface area contributed by atoms with Crippen molar-refractivity contribution < 1.29 is 4.79 Å². The minimum Gasteiger partial charge on any atom is -0.366 e. The molecule has 3 aromatic rings. The zero-order valence-electron chi connectivity index (χ0n) is 20.3. The molecule has 35 heavy (non-hydrogen) atoms. The molecule has 1 aliphatic heterocycles. The van der Waals surface area contributed by atoms with Gasteiger partial charge in [-0.15, -0.1) is 0 Å². The summed E-state index contributed by atoms with van der Waals surface area (Å²) in [5.41, 5.74) is 6.00. The Morgan fingerprint density at radius 1 is 1.09 bits per heavy atom. The number of amides is 1. The lowest BCUT2D eigenvalue weighted by Gasteiger charge is -2.21. The average molecular weight is 470 g/mol. The third kappa shape index (κ3) is 4.45. The van der Waals surface area contributed by atoms with Crippen LogP contribution in [0.1, 0.15) is 51.8 Å². The van der Waals surface area contributed by atoms with Crippen LogP contribution in [0.3, 0.4) is 0 Å². The predicted molar refractivity (Wildman–Crippen MR) is 134 cm³/mol. The monoisotopic (exact) mass is 469 g/mol. The van der Waals surface area contributed by atoms with Gasteiger partial charge in [0.25, 0.3) is 5.91 Å².